The van der Waals surface area contributed by atoms with E-state index in [0.29, 0.717) is 0 Å². The van der Waals surface area contributed by atoms with Crippen molar-refractivity contribution >= 4 is 42.4 Å². The van der Waals surface area contributed by atoms with Gasteiger partial charge in [-0.05, 0) is 67.4 Å². The first kappa shape index (κ1) is 20.6. The fourth-order valence-corrected chi connectivity index (χ4v) is 4.61. The Labute approximate surface area is 174 Å². The van der Waals surface area contributed by atoms with Crippen molar-refractivity contribution in [2.24, 2.45) is 0 Å². The van der Waals surface area contributed by atoms with Crippen molar-refractivity contribution in [1.29, 1.82) is 0 Å². The molecule has 1 amide bonds. The van der Waals surface area contributed by atoms with Crippen LogP contribution in [-0.4, -0.2) is 19.1 Å². The molecule has 1 N–H and O–H groups in total. The maximum atomic E-state index is 13.0. The van der Waals surface area contributed by atoms with E-state index in [4.69, 9.17) is 0 Å². The molecule has 4 nitrogen and oxygen atoms in total. The molecule has 3 rings (SSSR count). The molecule has 0 saturated carbocycles. The summed E-state index contributed by atoms with van der Waals surface area (Å²) in [5, 5.41) is 5.05. The average molecular weight is 460 g/mol. The van der Waals surface area contributed by atoms with Gasteiger partial charge in [0, 0.05) is 4.47 Å². The fraction of sp³-hybridized carbons (Fsp3) is 0.227. The van der Waals surface area contributed by atoms with Crippen molar-refractivity contribution in [2.75, 3.05) is 0 Å². The molecule has 0 heterocycles. The topological polar surface area (TPSA) is 63.2 Å². The van der Waals surface area contributed by atoms with E-state index in [1.165, 1.54) is 26.0 Å². The molecule has 0 fully saturated rings. The Morgan fingerprint density at radius 3 is 2.21 bits per heavy atom. The first-order chi connectivity index (χ1) is 13.1. The van der Waals surface area contributed by atoms with Gasteiger partial charge in [-0.1, -0.05) is 52.3 Å². The van der Waals surface area contributed by atoms with Crippen LogP contribution in [0.1, 0.15) is 32.4 Å². The first-order valence-corrected chi connectivity index (χ1v) is 11.2. The number of benzene rings is 3. The van der Waals surface area contributed by atoms with Crippen molar-refractivity contribution in [3.05, 3.63) is 76.8 Å². The monoisotopic (exact) mass is 459 g/mol. The van der Waals surface area contributed by atoms with Gasteiger partial charge in [-0.25, -0.2) is 8.42 Å². The number of sulfone groups is 1. The number of fused-ring (bicyclic) bond motifs is 1. The zero-order valence-electron chi connectivity index (χ0n) is 15.9. The second kappa shape index (κ2) is 7.68. The van der Waals surface area contributed by atoms with Gasteiger partial charge in [-0.2, -0.15) is 0 Å². The summed E-state index contributed by atoms with van der Waals surface area (Å²) in [5.74, 6) is -0.531. The van der Waals surface area contributed by atoms with Crippen LogP contribution in [0, 0.1) is 0 Å². The summed E-state index contributed by atoms with van der Waals surface area (Å²) < 4.78 is 25.2. The molecule has 0 saturated heterocycles. The minimum absolute atomic E-state index is 0.120. The van der Waals surface area contributed by atoms with Crippen molar-refractivity contribution in [2.45, 2.75) is 36.5 Å². The largest absolute Gasteiger partial charge is 0.348 e. The molecule has 0 aromatic heterocycles. The van der Waals surface area contributed by atoms with Crippen LogP contribution < -0.4 is 5.32 Å². The van der Waals surface area contributed by atoms with E-state index < -0.39 is 20.5 Å². The third-order valence-electron chi connectivity index (χ3n) is 4.96. The van der Waals surface area contributed by atoms with Gasteiger partial charge in [-0.3, -0.25) is 4.79 Å². The Hall–Kier alpha value is -2.18. The molecule has 1 unspecified atom stereocenters. The van der Waals surface area contributed by atoms with Gasteiger partial charge in [0.25, 0.3) is 0 Å². The minimum atomic E-state index is -3.85. The highest BCUT2D eigenvalue weighted by Crippen LogP contribution is 2.28. The van der Waals surface area contributed by atoms with Crippen molar-refractivity contribution in [3.8, 4) is 0 Å². The molecule has 0 aliphatic carbocycles. The highest BCUT2D eigenvalue weighted by Gasteiger charge is 2.43. The Balaban J connectivity index is 1.84. The van der Waals surface area contributed by atoms with E-state index in [1.54, 1.807) is 12.1 Å². The molecular weight excluding hydrogens is 438 g/mol. The predicted octanol–water partition coefficient (Wildman–Crippen LogP) is 5.03. The molecule has 0 radical (unpaired) electrons. The van der Waals surface area contributed by atoms with Crippen LogP contribution in [0.25, 0.3) is 10.8 Å². The molecule has 0 aliphatic heterocycles. The summed E-state index contributed by atoms with van der Waals surface area (Å²) in [4.78, 5) is 13.0. The number of hydrogen-bond acceptors (Lipinski definition) is 3. The van der Waals surface area contributed by atoms with Crippen molar-refractivity contribution in [3.63, 3.8) is 0 Å². The van der Waals surface area contributed by atoms with Gasteiger partial charge in [-0.15, -0.1) is 0 Å². The van der Waals surface area contributed by atoms with Gasteiger partial charge >= 0.3 is 0 Å². The Morgan fingerprint density at radius 1 is 0.964 bits per heavy atom. The zero-order chi connectivity index (χ0) is 20.5. The molecular formula is C22H22BrNO3S. The van der Waals surface area contributed by atoms with Crippen LogP contribution in [0.2, 0.25) is 0 Å². The van der Waals surface area contributed by atoms with E-state index in [-0.39, 0.29) is 10.9 Å². The molecule has 0 aliphatic rings. The van der Waals surface area contributed by atoms with E-state index in [2.05, 4.69) is 21.2 Å². The van der Waals surface area contributed by atoms with Crippen LogP contribution >= 0.6 is 15.9 Å². The standard InChI is InChI=1S/C22H22BrNO3S/c1-15(17-9-8-16-6-4-5-7-18(16)14-17)24-21(25)22(2,3)28(26,27)20-12-10-19(23)11-13-20/h4-15H,1-3H3,(H,24,25). The normalized spacial score (nSPS) is 13.3. The fourth-order valence-electron chi connectivity index (χ4n) is 2.96. The van der Waals surface area contributed by atoms with Gasteiger partial charge in [0.05, 0.1) is 10.9 Å². The van der Waals surface area contributed by atoms with Gasteiger partial charge in [0.15, 0.2) is 9.84 Å². The van der Waals surface area contributed by atoms with Gasteiger partial charge in [0.1, 0.15) is 4.75 Å². The van der Waals surface area contributed by atoms with E-state index in [9.17, 15) is 13.2 Å². The number of halogens is 1. The molecule has 1 atom stereocenters. The lowest BCUT2D eigenvalue weighted by Gasteiger charge is -2.26. The predicted molar refractivity (Wildman–Crippen MR) is 116 cm³/mol. The second-order valence-electron chi connectivity index (χ2n) is 7.27. The summed E-state index contributed by atoms with van der Waals surface area (Å²) >= 11 is 3.29. The zero-order valence-corrected chi connectivity index (χ0v) is 18.3. The molecule has 6 heteroatoms. The number of rotatable bonds is 5. The quantitative estimate of drug-likeness (QED) is 0.581. The highest BCUT2D eigenvalue weighted by atomic mass is 79.9. The SMILES string of the molecule is CC(NC(=O)C(C)(C)S(=O)(=O)c1ccc(Br)cc1)c1ccc2ccccc2c1. The number of carbonyl (C=O) groups is 1. The van der Waals surface area contributed by atoms with Crippen molar-refractivity contribution in [1.82, 2.24) is 5.32 Å². The number of carbonyl (C=O) groups excluding carboxylic acids is 1. The van der Waals surface area contributed by atoms with Crippen LogP contribution in [0.3, 0.4) is 0 Å². The second-order valence-corrected chi connectivity index (χ2v) is 10.7. The molecule has 3 aromatic carbocycles. The third-order valence-corrected chi connectivity index (χ3v) is 7.91. The first-order valence-electron chi connectivity index (χ1n) is 8.93. The Bertz CT molecular complexity index is 1120. The molecule has 0 bridgehead atoms. The van der Waals surface area contributed by atoms with Crippen LogP contribution in [0.4, 0.5) is 0 Å². The van der Waals surface area contributed by atoms with Crippen LogP contribution in [0.15, 0.2) is 76.1 Å². The molecule has 0 spiro atoms. The Kier molecular flexibility index (Phi) is 5.64. The lowest BCUT2D eigenvalue weighted by molar-refractivity contribution is -0.123. The lowest BCUT2D eigenvalue weighted by Crippen LogP contribution is -2.48. The number of hydrogen-bond donors (Lipinski definition) is 1. The van der Waals surface area contributed by atoms with Crippen LogP contribution in [-0.2, 0) is 14.6 Å². The summed E-state index contributed by atoms with van der Waals surface area (Å²) in [6.07, 6.45) is 0. The maximum absolute atomic E-state index is 13.0. The third kappa shape index (κ3) is 3.84. The number of nitrogens with one attached hydrogen (secondary N) is 1. The Morgan fingerprint density at radius 2 is 1.57 bits per heavy atom. The molecule has 28 heavy (non-hydrogen) atoms. The van der Waals surface area contributed by atoms with E-state index in [1.807, 2.05) is 49.4 Å². The average Bonchev–Trinajstić information content (AvgIpc) is 2.67. The van der Waals surface area contributed by atoms with Gasteiger partial charge < -0.3 is 5.32 Å². The summed E-state index contributed by atoms with van der Waals surface area (Å²) in [6.45, 7) is 4.73. The van der Waals surface area contributed by atoms with Crippen molar-refractivity contribution < 1.29 is 13.2 Å². The molecule has 3 aromatic rings. The number of amides is 1. The van der Waals surface area contributed by atoms with E-state index in [0.717, 1.165) is 20.8 Å². The molecule has 146 valence electrons. The van der Waals surface area contributed by atoms with E-state index >= 15 is 0 Å². The van der Waals surface area contributed by atoms with Gasteiger partial charge in [0.2, 0.25) is 5.91 Å². The smallest absolute Gasteiger partial charge is 0.241 e. The highest BCUT2D eigenvalue weighted by molar-refractivity contribution is 9.10. The summed E-state index contributed by atoms with van der Waals surface area (Å²) in [5.41, 5.74) is 0.920. The minimum Gasteiger partial charge on any atom is -0.348 e. The maximum Gasteiger partial charge on any atom is 0.241 e. The lowest BCUT2D eigenvalue weighted by atomic mass is 10.0. The summed E-state index contributed by atoms with van der Waals surface area (Å²) in [6, 6.07) is 19.9. The summed E-state index contributed by atoms with van der Waals surface area (Å²) in [7, 11) is -3.85. The van der Waals surface area contributed by atoms with Crippen LogP contribution in [0.5, 0.6) is 0 Å².